The highest BCUT2D eigenvalue weighted by Crippen LogP contribution is 2.63. The van der Waals surface area contributed by atoms with Gasteiger partial charge in [0.05, 0.1) is 0 Å². The maximum atomic E-state index is 12.1. The van der Waals surface area contributed by atoms with Crippen molar-refractivity contribution in [1.82, 2.24) is 0 Å². The minimum absolute atomic E-state index is 0.125. The normalized spacial score (nSPS) is 37.4. The van der Waals surface area contributed by atoms with E-state index < -0.39 is 0 Å². The molecule has 0 amide bonds. The first-order chi connectivity index (χ1) is 8.56. The summed E-state index contributed by atoms with van der Waals surface area (Å²) in [6.07, 6.45) is 2.90. The zero-order valence-corrected chi connectivity index (χ0v) is 11.0. The van der Waals surface area contributed by atoms with E-state index in [1.807, 2.05) is 30.3 Å². The lowest BCUT2D eigenvalue weighted by Crippen LogP contribution is -2.33. The van der Waals surface area contributed by atoms with Crippen molar-refractivity contribution in [3.05, 3.63) is 35.9 Å². The van der Waals surface area contributed by atoms with Crippen LogP contribution in [-0.4, -0.2) is 5.78 Å². The van der Waals surface area contributed by atoms with Gasteiger partial charge in [-0.05, 0) is 37.8 Å². The van der Waals surface area contributed by atoms with E-state index in [4.69, 9.17) is 0 Å². The highest BCUT2D eigenvalue weighted by molar-refractivity contribution is 5.90. The van der Waals surface area contributed by atoms with Gasteiger partial charge in [-0.15, -0.1) is 0 Å². The number of hydrogen-bond donors (Lipinski definition) is 0. The molecule has 0 N–H and O–H groups in total. The molecule has 2 saturated carbocycles. The Morgan fingerprint density at radius 1 is 1.22 bits per heavy atom. The Hall–Kier alpha value is -1.55. The summed E-state index contributed by atoms with van der Waals surface area (Å²) >= 11 is 0. The van der Waals surface area contributed by atoms with E-state index in [0.29, 0.717) is 11.7 Å². The van der Waals surface area contributed by atoms with Crippen molar-refractivity contribution in [2.24, 2.45) is 16.7 Å². The smallest absolute Gasteiger partial charge is 0.140 e. The molecule has 1 aromatic carbocycles. The van der Waals surface area contributed by atoms with Gasteiger partial charge < -0.3 is 0 Å². The third-order valence-electron chi connectivity index (χ3n) is 5.24. The quantitative estimate of drug-likeness (QED) is 0.633. The zero-order chi connectivity index (χ0) is 12.8. The average Bonchev–Trinajstić information content (AvgIpc) is 2.73. The fourth-order valence-corrected chi connectivity index (χ4v) is 3.61. The molecule has 1 nitrogen and oxygen atoms in total. The van der Waals surface area contributed by atoms with Crippen LogP contribution in [0.4, 0.5) is 0 Å². The van der Waals surface area contributed by atoms with Gasteiger partial charge in [0.25, 0.3) is 0 Å². The Bertz CT molecular complexity index is 548. The summed E-state index contributed by atoms with van der Waals surface area (Å²) in [5, 5.41) is 0. The first kappa shape index (κ1) is 11.5. The van der Waals surface area contributed by atoms with Crippen molar-refractivity contribution in [3.8, 4) is 11.8 Å². The van der Waals surface area contributed by atoms with Crippen molar-refractivity contribution in [1.29, 1.82) is 0 Å². The molecule has 3 unspecified atom stereocenters. The molecule has 2 aliphatic rings. The summed E-state index contributed by atoms with van der Waals surface area (Å²) in [4.78, 5) is 12.1. The topological polar surface area (TPSA) is 17.1 Å². The Morgan fingerprint density at radius 3 is 2.50 bits per heavy atom. The number of fused-ring (bicyclic) bond motifs is 2. The highest BCUT2D eigenvalue weighted by Gasteiger charge is 2.63. The van der Waals surface area contributed by atoms with Crippen LogP contribution in [0.1, 0.15) is 38.7 Å². The zero-order valence-electron chi connectivity index (χ0n) is 11.0. The molecule has 3 rings (SSSR count). The van der Waals surface area contributed by atoms with Gasteiger partial charge in [0, 0.05) is 22.8 Å². The Balaban J connectivity index is 1.99. The van der Waals surface area contributed by atoms with E-state index in [2.05, 4.69) is 25.7 Å². The van der Waals surface area contributed by atoms with Crippen LogP contribution in [0.15, 0.2) is 30.3 Å². The minimum Gasteiger partial charge on any atom is -0.299 e. The van der Waals surface area contributed by atoms with Crippen molar-refractivity contribution in [3.63, 3.8) is 0 Å². The van der Waals surface area contributed by atoms with Gasteiger partial charge in [-0.1, -0.05) is 37.0 Å². The van der Waals surface area contributed by atoms with Gasteiger partial charge in [0.15, 0.2) is 0 Å². The minimum atomic E-state index is -0.209. The highest BCUT2D eigenvalue weighted by atomic mass is 16.1. The molecule has 0 aromatic heterocycles. The van der Waals surface area contributed by atoms with E-state index in [-0.39, 0.29) is 10.8 Å². The SMILES string of the molecule is CC12CCC(CC1=O)C2(C)C#Cc1ccccc1. The predicted octanol–water partition coefficient (Wildman–Crippen LogP) is 3.43. The number of benzene rings is 1. The van der Waals surface area contributed by atoms with Gasteiger partial charge in [-0.2, -0.15) is 0 Å². The molecule has 92 valence electrons. The molecule has 1 heteroatoms. The van der Waals surface area contributed by atoms with Crippen LogP contribution in [0.2, 0.25) is 0 Å². The Kier molecular flexibility index (Phi) is 2.38. The predicted molar refractivity (Wildman–Crippen MR) is 71.9 cm³/mol. The van der Waals surface area contributed by atoms with E-state index >= 15 is 0 Å². The summed E-state index contributed by atoms with van der Waals surface area (Å²) in [6, 6.07) is 10.1. The summed E-state index contributed by atoms with van der Waals surface area (Å²) in [6.45, 7) is 4.30. The van der Waals surface area contributed by atoms with Crippen molar-refractivity contribution in [2.75, 3.05) is 0 Å². The molecule has 0 radical (unpaired) electrons. The second-order valence-electron chi connectivity index (χ2n) is 6.01. The van der Waals surface area contributed by atoms with E-state index in [1.165, 1.54) is 0 Å². The van der Waals surface area contributed by atoms with Gasteiger partial charge in [0.1, 0.15) is 5.78 Å². The molecule has 2 bridgehead atoms. The van der Waals surface area contributed by atoms with Gasteiger partial charge in [-0.25, -0.2) is 0 Å². The average molecular weight is 238 g/mol. The number of Topliss-reactive ketones (excluding diaryl/α,β-unsaturated/α-hetero) is 1. The first-order valence-corrected chi connectivity index (χ1v) is 6.68. The molecule has 1 aromatic rings. The molecule has 2 fully saturated rings. The molecule has 3 atom stereocenters. The van der Waals surface area contributed by atoms with Crippen molar-refractivity contribution >= 4 is 5.78 Å². The Labute approximate surface area is 109 Å². The number of ketones is 1. The van der Waals surface area contributed by atoms with E-state index in [9.17, 15) is 4.79 Å². The number of carbonyl (C=O) groups excluding carboxylic acids is 1. The van der Waals surface area contributed by atoms with Crippen LogP contribution in [0.3, 0.4) is 0 Å². The lowest BCUT2D eigenvalue weighted by molar-refractivity contribution is -0.127. The maximum Gasteiger partial charge on any atom is 0.140 e. The van der Waals surface area contributed by atoms with Crippen LogP contribution in [0.5, 0.6) is 0 Å². The number of carbonyl (C=O) groups is 1. The molecule has 0 aliphatic heterocycles. The Morgan fingerprint density at radius 2 is 1.94 bits per heavy atom. The molecular weight excluding hydrogens is 220 g/mol. The second kappa shape index (κ2) is 3.72. The molecule has 2 aliphatic carbocycles. The van der Waals surface area contributed by atoms with Crippen LogP contribution >= 0.6 is 0 Å². The lowest BCUT2D eigenvalue weighted by Gasteiger charge is -2.31. The summed E-state index contributed by atoms with van der Waals surface area (Å²) < 4.78 is 0. The monoisotopic (exact) mass is 238 g/mol. The van der Waals surface area contributed by atoms with E-state index in [1.54, 1.807) is 0 Å². The largest absolute Gasteiger partial charge is 0.299 e. The van der Waals surface area contributed by atoms with Gasteiger partial charge >= 0.3 is 0 Å². The van der Waals surface area contributed by atoms with Crippen LogP contribution in [-0.2, 0) is 4.79 Å². The van der Waals surface area contributed by atoms with Crippen LogP contribution < -0.4 is 0 Å². The molecule has 0 spiro atoms. The first-order valence-electron chi connectivity index (χ1n) is 6.68. The van der Waals surface area contributed by atoms with Crippen molar-refractivity contribution < 1.29 is 4.79 Å². The van der Waals surface area contributed by atoms with Crippen LogP contribution in [0, 0.1) is 28.6 Å². The van der Waals surface area contributed by atoms with E-state index in [0.717, 1.165) is 24.8 Å². The third kappa shape index (κ3) is 1.38. The van der Waals surface area contributed by atoms with Crippen LogP contribution in [0.25, 0.3) is 0 Å². The third-order valence-corrected chi connectivity index (χ3v) is 5.24. The number of rotatable bonds is 0. The maximum absolute atomic E-state index is 12.1. The molecule has 18 heavy (non-hydrogen) atoms. The summed E-state index contributed by atoms with van der Waals surface area (Å²) in [5.41, 5.74) is 0.709. The molecule has 0 heterocycles. The number of hydrogen-bond acceptors (Lipinski definition) is 1. The fourth-order valence-electron chi connectivity index (χ4n) is 3.61. The van der Waals surface area contributed by atoms with Gasteiger partial charge in [0.2, 0.25) is 0 Å². The van der Waals surface area contributed by atoms with Crippen molar-refractivity contribution in [2.45, 2.75) is 33.1 Å². The molecular formula is C17H18O. The summed E-state index contributed by atoms with van der Waals surface area (Å²) in [5.74, 6) is 7.59. The fraction of sp³-hybridized carbons (Fsp3) is 0.471. The molecule has 0 saturated heterocycles. The summed E-state index contributed by atoms with van der Waals surface area (Å²) in [7, 11) is 0. The van der Waals surface area contributed by atoms with Gasteiger partial charge in [-0.3, -0.25) is 4.79 Å². The second-order valence-corrected chi connectivity index (χ2v) is 6.01. The standard InChI is InChI=1S/C17H18O/c1-16(10-8-13-6-4-3-5-7-13)14-9-11-17(16,2)15(18)12-14/h3-7,14H,9,11-12H2,1-2H3. The lowest BCUT2D eigenvalue weighted by atomic mass is 9.69.